The molecule has 0 unspecified atom stereocenters. The zero-order valence-electron chi connectivity index (χ0n) is 13.5. The van der Waals surface area contributed by atoms with E-state index < -0.39 is 0 Å². The normalized spacial score (nSPS) is 13.4. The van der Waals surface area contributed by atoms with E-state index in [1.165, 1.54) is 5.56 Å². The minimum absolute atomic E-state index is 0.197. The Morgan fingerprint density at radius 1 is 1.19 bits per heavy atom. The van der Waals surface area contributed by atoms with Gasteiger partial charge in [0.2, 0.25) is 0 Å². The Labute approximate surface area is 128 Å². The molecule has 0 atom stereocenters. The number of nitrogens with zero attached hydrogens (tertiary/aromatic N) is 1. The molecule has 2 rings (SSSR count). The van der Waals surface area contributed by atoms with E-state index in [1.807, 2.05) is 17.0 Å². The lowest BCUT2D eigenvalue weighted by molar-refractivity contribution is 0.0752. The fourth-order valence-corrected chi connectivity index (χ4v) is 2.87. The van der Waals surface area contributed by atoms with E-state index in [9.17, 15) is 4.79 Å². The molecule has 1 amide bonds. The minimum atomic E-state index is 0.197. The molecule has 21 heavy (non-hydrogen) atoms. The molecule has 1 N–H and O–H groups in total. The Morgan fingerprint density at radius 2 is 1.90 bits per heavy atom. The van der Waals surface area contributed by atoms with Crippen molar-refractivity contribution < 1.29 is 4.79 Å². The van der Waals surface area contributed by atoms with Crippen LogP contribution in [0.1, 0.15) is 61.9 Å². The molecule has 1 aromatic rings. The highest BCUT2D eigenvalue weighted by Crippen LogP contribution is 2.27. The van der Waals surface area contributed by atoms with Gasteiger partial charge in [0.05, 0.1) is 11.3 Å². The van der Waals surface area contributed by atoms with Gasteiger partial charge in [0.1, 0.15) is 0 Å². The molecule has 1 aromatic carbocycles. The molecule has 3 heteroatoms. The molecule has 0 saturated heterocycles. The van der Waals surface area contributed by atoms with Gasteiger partial charge in [-0.3, -0.25) is 4.79 Å². The summed E-state index contributed by atoms with van der Waals surface area (Å²) in [6.45, 7) is 7.07. The van der Waals surface area contributed by atoms with Crippen molar-refractivity contribution in [3.05, 3.63) is 29.3 Å². The van der Waals surface area contributed by atoms with E-state index in [0.717, 1.165) is 69.4 Å². The monoisotopic (exact) mass is 288 g/mol. The fraction of sp³-hybridized carbons (Fsp3) is 0.611. The number of rotatable bonds is 7. The Balaban J connectivity index is 2.19. The van der Waals surface area contributed by atoms with Crippen LogP contribution < -0.4 is 5.32 Å². The number of aryl methyl sites for hydroxylation is 1. The molecular formula is C18H28N2O. The van der Waals surface area contributed by atoms with Crippen LogP contribution in [0.4, 0.5) is 5.69 Å². The molecule has 1 heterocycles. The van der Waals surface area contributed by atoms with Gasteiger partial charge in [0, 0.05) is 19.6 Å². The van der Waals surface area contributed by atoms with Crippen molar-refractivity contribution in [3.8, 4) is 0 Å². The Hall–Kier alpha value is -1.51. The highest BCUT2D eigenvalue weighted by atomic mass is 16.2. The van der Waals surface area contributed by atoms with Crippen LogP contribution in [0.3, 0.4) is 0 Å². The lowest BCUT2D eigenvalue weighted by atomic mass is 9.98. The summed E-state index contributed by atoms with van der Waals surface area (Å²) in [5.74, 6) is 0.197. The molecular weight excluding hydrogens is 260 g/mol. The van der Waals surface area contributed by atoms with Crippen LogP contribution in [0.2, 0.25) is 0 Å². The van der Waals surface area contributed by atoms with Crippen LogP contribution in [-0.4, -0.2) is 30.4 Å². The Morgan fingerprint density at radius 3 is 2.57 bits per heavy atom. The summed E-state index contributed by atoms with van der Waals surface area (Å²) in [6.07, 6.45) is 6.64. The number of benzene rings is 1. The molecule has 0 spiro atoms. The van der Waals surface area contributed by atoms with Gasteiger partial charge in [-0.2, -0.15) is 0 Å². The average Bonchev–Trinajstić information content (AvgIpc) is 2.54. The topological polar surface area (TPSA) is 32.3 Å². The Kier molecular flexibility index (Phi) is 6.09. The van der Waals surface area contributed by atoms with Gasteiger partial charge in [-0.1, -0.05) is 38.8 Å². The summed E-state index contributed by atoms with van der Waals surface area (Å²) in [6, 6.07) is 6.14. The van der Waals surface area contributed by atoms with Crippen molar-refractivity contribution in [2.75, 3.05) is 25.0 Å². The third kappa shape index (κ3) is 3.99. The van der Waals surface area contributed by atoms with Crippen LogP contribution in [0.15, 0.2) is 18.2 Å². The second-order valence-electron chi connectivity index (χ2n) is 5.87. The minimum Gasteiger partial charge on any atom is -0.384 e. The molecule has 0 saturated carbocycles. The Bertz CT molecular complexity index is 462. The first kappa shape index (κ1) is 15.9. The maximum absolute atomic E-state index is 12.9. The first-order valence-electron chi connectivity index (χ1n) is 8.43. The molecule has 0 fully saturated rings. The predicted octanol–water partition coefficient (Wildman–Crippen LogP) is 4.09. The van der Waals surface area contributed by atoms with Crippen molar-refractivity contribution in [3.63, 3.8) is 0 Å². The molecule has 1 aliphatic rings. The SMILES string of the molecule is CCCCN(CCCC)C(=O)c1cccc2c1NCCC2. The predicted molar refractivity (Wildman–Crippen MR) is 89.0 cm³/mol. The van der Waals surface area contributed by atoms with Gasteiger partial charge >= 0.3 is 0 Å². The number of carbonyl (C=O) groups excluding carboxylic acids is 1. The van der Waals surface area contributed by atoms with Gasteiger partial charge in [-0.05, 0) is 37.3 Å². The van der Waals surface area contributed by atoms with E-state index in [2.05, 4.69) is 25.2 Å². The van der Waals surface area contributed by atoms with Gasteiger partial charge in [-0.25, -0.2) is 0 Å². The van der Waals surface area contributed by atoms with E-state index in [0.29, 0.717) is 0 Å². The number of unbranched alkanes of at least 4 members (excludes halogenated alkanes) is 2. The summed E-state index contributed by atoms with van der Waals surface area (Å²) < 4.78 is 0. The van der Waals surface area contributed by atoms with Crippen LogP contribution in [0.5, 0.6) is 0 Å². The van der Waals surface area contributed by atoms with Crippen LogP contribution in [0.25, 0.3) is 0 Å². The number of anilines is 1. The molecule has 1 aliphatic heterocycles. The van der Waals surface area contributed by atoms with Crippen molar-refractivity contribution in [2.24, 2.45) is 0 Å². The second-order valence-corrected chi connectivity index (χ2v) is 5.87. The third-order valence-electron chi connectivity index (χ3n) is 4.16. The molecule has 0 radical (unpaired) electrons. The number of amides is 1. The van der Waals surface area contributed by atoms with Crippen molar-refractivity contribution >= 4 is 11.6 Å². The van der Waals surface area contributed by atoms with Crippen LogP contribution >= 0.6 is 0 Å². The number of hydrogen-bond acceptors (Lipinski definition) is 2. The van der Waals surface area contributed by atoms with Crippen molar-refractivity contribution in [1.29, 1.82) is 0 Å². The van der Waals surface area contributed by atoms with Gasteiger partial charge in [0.25, 0.3) is 5.91 Å². The summed E-state index contributed by atoms with van der Waals surface area (Å²) in [4.78, 5) is 15.0. The lowest BCUT2D eigenvalue weighted by Gasteiger charge is -2.26. The van der Waals surface area contributed by atoms with Crippen molar-refractivity contribution in [1.82, 2.24) is 4.90 Å². The lowest BCUT2D eigenvalue weighted by Crippen LogP contribution is -2.34. The molecule has 0 bridgehead atoms. The summed E-state index contributed by atoms with van der Waals surface area (Å²) >= 11 is 0. The van der Waals surface area contributed by atoms with Crippen molar-refractivity contribution in [2.45, 2.75) is 52.4 Å². The highest BCUT2D eigenvalue weighted by Gasteiger charge is 2.21. The number of para-hydroxylation sites is 1. The third-order valence-corrected chi connectivity index (χ3v) is 4.16. The zero-order chi connectivity index (χ0) is 15.1. The van der Waals surface area contributed by atoms with Gasteiger partial charge in [-0.15, -0.1) is 0 Å². The van der Waals surface area contributed by atoms with Crippen LogP contribution in [0, 0.1) is 0 Å². The summed E-state index contributed by atoms with van der Waals surface area (Å²) in [5.41, 5.74) is 3.23. The molecule has 0 aromatic heterocycles. The molecule has 3 nitrogen and oxygen atoms in total. The fourth-order valence-electron chi connectivity index (χ4n) is 2.87. The first-order chi connectivity index (χ1) is 10.3. The zero-order valence-corrected chi connectivity index (χ0v) is 13.5. The number of nitrogens with one attached hydrogen (secondary N) is 1. The molecule has 116 valence electrons. The maximum Gasteiger partial charge on any atom is 0.255 e. The maximum atomic E-state index is 12.9. The van der Waals surface area contributed by atoms with E-state index in [-0.39, 0.29) is 5.91 Å². The number of carbonyl (C=O) groups is 1. The van der Waals surface area contributed by atoms with E-state index in [1.54, 1.807) is 0 Å². The van der Waals surface area contributed by atoms with E-state index in [4.69, 9.17) is 0 Å². The summed E-state index contributed by atoms with van der Waals surface area (Å²) in [7, 11) is 0. The van der Waals surface area contributed by atoms with Gasteiger partial charge in [0.15, 0.2) is 0 Å². The quantitative estimate of drug-likeness (QED) is 0.819. The van der Waals surface area contributed by atoms with Gasteiger partial charge < -0.3 is 10.2 Å². The largest absolute Gasteiger partial charge is 0.384 e. The summed E-state index contributed by atoms with van der Waals surface area (Å²) in [5, 5.41) is 3.43. The second kappa shape index (κ2) is 8.06. The molecule has 0 aliphatic carbocycles. The highest BCUT2D eigenvalue weighted by molar-refractivity contribution is 6.00. The number of hydrogen-bond donors (Lipinski definition) is 1. The average molecular weight is 288 g/mol. The first-order valence-corrected chi connectivity index (χ1v) is 8.43. The standard InChI is InChI=1S/C18H28N2O/c1-3-5-13-20(14-6-4-2)18(21)16-11-7-9-15-10-8-12-19-17(15)16/h7,9,11,19H,3-6,8,10,12-14H2,1-2H3. The van der Waals surface area contributed by atoms with Crippen LogP contribution in [-0.2, 0) is 6.42 Å². The smallest absolute Gasteiger partial charge is 0.255 e. The number of fused-ring (bicyclic) bond motifs is 1. The van der Waals surface area contributed by atoms with E-state index >= 15 is 0 Å².